The fraction of sp³-hybridized carbons (Fsp3) is 0.818. The second-order valence-corrected chi connectivity index (χ2v) is 6.44. The van der Waals surface area contributed by atoms with Gasteiger partial charge in [0.05, 0.1) is 6.26 Å². The maximum atomic E-state index is 11.4. The van der Waals surface area contributed by atoms with E-state index in [1.165, 1.54) is 0 Å². The standard InChI is InChI=1S/C11H23N3O5S/c1-9(5-3-6-10(15)16)14-11(17)12-7-4-8-13-20(2,18)19/h9,13H,3-8H2,1-2H3,(H,15,16)(H2,12,14,17). The molecule has 8 nitrogen and oxygen atoms in total. The zero-order valence-corrected chi connectivity index (χ0v) is 12.6. The molecule has 0 rings (SSSR count). The molecule has 20 heavy (non-hydrogen) atoms. The Balaban J connectivity index is 3.60. The second kappa shape index (κ2) is 9.54. The van der Waals surface area contributed by atoms with Gasteiger partial charge in [0.1, 0.15) is 0 Å². The van der Waals surface area contributed by atoms with E-state index in [0.29, 0.717) is 25.8 Å². The van der Waals surface area contributed by atoms with Crippen LogP contribution in [-0.4, -0.2) is 50.9 Å². The predicted molar refractivity (Wildman–Crippen MR) is 74.9 cm³/mol. The first kappa shape index (κ1) is 18.7. The number of hydrogen-bond donors (Lipinski definition) is 4. The number of rotatable bonds is 10. The monoisotopic (exact) mass is 309 g/mol. The van der Waals surface area contributed by atoms with E-state index in [4.69, 9.17) is 5.11 Å². The summed E-state index contributed by atoms with van der Waals surface area (Å²) in [6.07, 6.45) is 2.76. The lowest BCUT2D eigenvalue weighted by atomic mass is 10.1. The predicted octanol–water partition coefficient (Wildman–Crippen LogP) is -0.132. The maximum Gasteiger partial charge on any atom is 0.314 e. The number of urea groups is 1. The Morgan fingerprint density at radius 2 is 1.85 bits per heavy atom. The molecule has 0 aromatic rings. The molecule has 0 fully saturated rings. The Hall–Kier alpha value is -1.35. The SMILES string of the molecule is CC(CCCC(=O)O)NC(=O)NCCCNS(C)(=O)=O. The van der Waals surface area contributed by atoms with E-state index in [1.54, 1.807) is 6.92 Å². The van der Waals surface area contributed by atoms with Gasteiger partial charge in [0.25, 0.3) is 0 Å². The topological polar surface area (TPSA) is 125 Å². The van der Waals surface area contributed by atoms with Crippen LogP contribution in [0, 0.1) is 0 Å². The smallest absolute Gasteiger partial charge is 0.314 e. The van der Waals surface area contributed by atoms with E-state index in [1.807, 2.05) is 0 Å². The van der Waals surface area contributed by atoms with Crippen LogP contribution in [0.3, 0.4) is 0 Å². The summed E-state index contributed by atoms with van der Waals surface area (Å²) in [5.41, 5.74) is 0. The highest BCUT2D eigenvalue weighted by atomic mass is 32.2. The first-order valence-corrected chi connectivity index (χ1v) is 8.30. The molecule has 4 N–H and O–H groups in total. The summed E-state index contributed by atoms with van der Waals surface area (Å²) in [6, 6.07) is -0.448. The number of hydrogen-bond acceptors (Lipinski definition) is 4. The molecule has 1 atom stereocenters. The minimum atomic E-state index is -3.19. The molecule has 0 saturated carbocycles. The summed E-state index contributed by atoms with van der Waals surface area (Å²) in [5.74, 6) is -0.847. The second-order valence-electron chi connectivity index (χ2n) is 4.61. The van der Waals surface area contributed by atoms with Crippen LogP contribution in [0.1, 0.15) is 32.6 Å². The van der Waals surface area contributed by atoms with E-state index < -0.39 is 16.0 Å². The minimum Gasteiger partial charge on any atom is -0.481 e. The maximum absolute atomic E-state index is 11.4. The molecule has 0 aliphatic heterocycles. The van der Waals surface area contributed by atoms with Crippen LogP contribution in [-0.2, 0) is 14.8 Å². The molecule has 0 heterocycles. The van der Waals surface area contributed by atoms with Crippen LogP contribution in [0.4, 0.5) is 4.79 Å². The van der Waals surface area contributed by atoms with Crippen molar-refractivity contribution in [3.05, 3.63) is 0 Å². The Labute approximate surface area is 119 Å². The van der Waals surface area contributed by atoms with Gasteiger partial charge in [-0.1, -0.05) is 0 Å². The third kappa shape index (κ3) is 13.1. The molecule has 0 aromatic heterocycles. The van der Waals surface area contributed by atoms with Crippen molar-refractivity contribution < 1.29 is 23.1 Å². The summed E-state index contributed by atoms with van der Waals surface area (Å²) < 4.78 is 23.9. The fourth-order valence-electron chi connectivity index (χ4n) is 1.45. The molecule has 0 aromatic carbocycles. The summed E-state index contributed by atoms with van der Waals surface area (Å²) in [7, 11) is -3.19. The molecule has 2 amide bonds. The quantitative estimate of drug-likeness (QED) is 0.418. The largest absolute Gasteiger partial charge is 0.481 e. The lowest BCUT2D eigenvalue weighted by Gasteiger charge is -2.14. The molecule has 1 unspecified atom stereocenters. The third-order valence-electron chi connectivity index (χ3n) is 2.41. The van der Waals surface area contributed by atoms with Crippen LogP contribution in [0.2, 0.25) is 0 Å². The van der Waals surface area contributed by atoms with Crippen molar-refractivity contribution in [3.8, 4) is 0 Å². The van der Waals surface area contributed by atoms with E-state index in [2.05, 4.69) is 15.4 Å². The van der Waals surface area contributed by atoms with Crippen molar-refractivity contribution in [1.29, 1.82) is 0 Å². The number of sulfonamides is 1. The van der Waals surface area contributed by atoms with Crippen LogP contribution >= 0.6 is 0 Å². The highest BCUT2D eigenvalue weighted by molar-refractivity contribution is 7.88. The average Bonchev–Trinajstić information content (AvgIpc) is 2.26. The molecule has 0 bridgehead atoms. The van der Waals surface area contributed by atoms with Crippen molar-refractivity contribution in [2.24, 2.45) is 0 Å². The highest BCUT2D eigenvalue weighted by Crippen LogP contribution is 2.00. The van der Waals surface area contributed by atoms with Crippen molar-refractivity contribution in [2.45, 2.75) is 38.6 Å². The van der Waals surface area contributed by atoms with Crippen LogP contribution in [0.15, 0.2) is 0 Å². The Morgan fingerprint density at radius 1 is 1.20 bits per heavy atom. The van der Waals surface area contributed by atoms with Crippen LogP contribution < -0.4 is 15.4 Å². The third-order valence-corrected chi connectivity index (χ3v) is 3.14. The van der Waals surface area contributed by atoms with Crippen molar-refractivity contribution in [2.75, 3.05) is 19.3 Å². The highest BCUT2D eigenvalue weighted by Gasteiger charge is 2.07. The van der Waals surface area contributed by atoms with Gasteiger partial charge in [-0.05, 0) is 26.2 Å². The van der Waals surface area contributed by atoms with Gasteiger partial charge in [-0.3, -0.25) is 4.79 Å². The summed E-state index contributed by atoms with van der Waals surface area (Å²) in [5, 5.41) is 13.8. The van der Waals surface area contributed by atoms with Gasteiger partial charge in [0.2, 0.25) is 10.0 Å². The molecular formula is C11H23N3O5S. The molecule has 0 spiro atoms. The van der Waals surface area contributed by atoms with E-state index in [-0.39, 0.29) is 25.0 Å². The van der Waals surface area contributed by atoms with E-state index in [9.17, 15) is 18.0 Å². The molecule has 0 aliphatic rings. The van der Waals surface area contributed by atoms with Crippen molar-refractivity contribution in [1.82, 2.24) is 15.4 Å². The molecule has 0 saturated heterocycles. The molecule has 118 valence electrons. The number of carbonyl (C=O) groups is 2. The molecule has 0 aliphatic carbocycles. The zero-order valence-electron chi connectivity index (χ0n) is 11.8. The van der Waals surface area contributed by atoms with Crippen molar-refractivity contribution >= 4 is 22.0 Å². The number of amides is 2. The zero-order chi connectivity index (χ0) is 15.6. The Kier molecular flexibility index (Phi) is 8.89. The van der Waals surface area contributed by atoms with Gasteiger partial charge in [-0.15, -0.1) is 0 Å². The molecule has 0 radical (unpaired) electrons. The number of carboxylic acids is 1. The number of aliphatic carboxylic acids is 1. The normalized spacial score (nSPS) is 12.7. The Bertz CT molecular complexity index is 410. The average molecular weight is 309 g/mol. The Morgan fingerprint density at radius 3 is 2.40 bits per heavy atom. The summed E-state index contributed by atoms with van der Waals surface area (Å²) in [4.78, 5) is 21.8. The lowest BCUT2D eigenvalue weighted by molar-refractivity contribution is -0.137. The summed E-state index contributed by atoms with van der Waals surface area (Å²) >= 11 is 0. The van der Waals surface area contributed by atoms with Gasteiger partial charge >= 0.3 is 12.0 Å². The van der Waals surface area contributed by atoms with E-state index >= 15 is 0 Å². The van der Waals surface area contributed by atoms with E-state index in [0.717, 1.165) is 6.26 Å². The van der Waals surface area contributed by atoms with Gasteiger partial charge in [0, 0.05) is 25.6 Å². The fourth-order valence-corrected chi connectivity index (χ4v) is 1.97. The van der Waals surface area contributed by atoms with Gasteiger partial charge in [-0.2, -0.15) is 0 Å². The van der Waals surface area contributed by atoms with Crippen LogP contribution in [0.5, 0.6) is 0 Å². The minimum absolute atomic E-state index is 0.0881. The van der Waals surface area contributed by atoms with Crippen LogP contribution in [0.25, 0.3) is 0 Å². The summed E-state index contributed by atoms with van der Waals surface area (Å²) in [6.45, 7) is 2.43. The number of carbonyl (C=O) groups excluding carboxylic acids is 1. The molecular weight excluding hydrogens is 286 g/mol. The van der Waals surface area contributed by atoms with Gasteiger partial charge in [-0.25, -0.2) is 17.9 Å². The van der Waals surface area contributed by atoms with Gasteiger partial charge in [0.15, 0.2) is 0 Å². The lowest BCUT2D eigenvalue weighted by Crippen LogP contribution is -2.41. The van der Waals surface area contributed by atoms with Gasteiger partial charge < -0.3 is 15.7 Å². The molecule has 9 heteroatoms. The first-order chi connectivity index (χ1) is 9.20. The number of carboxylic acid groups (broad SMARTS) is 1. The first-order valence-electron chi connectivity index (χ1n) is 6.41. The number of nitrogens with one attached hydrogen (secondary N) is 3. The van der Waals surface area contributed by atoms with Crippen molar-refractivity contribution in [3.63, 3.8) is 0 Å².